The summed E-state index contributed by atoms with van der Waals surface area (Å²) in [5.41, 5.74) is 3.87. The number of benzene rings is 2. The van der Waals surface area contributed by atoms with E-state index in [1.165, 1.54) is 0 Å². The molecule has 0 radical (unpaired) electrons. The van der Waals surface area contributed by atoms with Crippen molar-refractivity contribution in [3.05, 3.63) is 53.6 Å². The van der Waals surface area contributed by atoms with Crippen LogP contribution in [0.1, 0.15) is 18.1 Å². The molecule has 2 aromatic rings. The van der Waals surface area contributed by atoms with Crippen LogP contribution < -0.4 is 10.1 Å². The predicted molar refractivity (Wildman–Crippen MR) is 87.3 cm³/mol. The molecule has 1 amide bonds. The Bertz CT molecular complexity index is 697. The summed E-state index contributed by atoms with van der Waals surface area (Å²) in [5, 5.41) is 11.4. The Hall–Kier alpha value is -2.82. The lowest BCUT2D eigenvalue weighted by molar-refractivity contribution is -0.139. The van der Waals surface area contributed by atoms with E-state index in [4.69, 9.17) is 9.84 Å². The average molecular weight is 313 g/mol. The average Bonchev–Trinajstić information content (AvgIpc) is 2.58. The second kappa shape index (κ2) is 7.98. The molecule has 0 aliphatic carbocycles. The SMILES string of the molecule is CCc1ccc(OCC(=O)O)c(-c2cccc(CNC=O)c2)c1. The highest BCUT2D eigenvalue weighted by atomic mass is 16.5. The van der Waals surface area contributed by atoms with Gasteiger partial charge in [-0.25, -0.2) is 4.79 Å². The van der Waals surface area contributed by atoms with Gasteiger partial charge in [-0.05, 0) is 41.3 Å². The molecule has 0 bridgehead atoms. The Morgan fingerprint density at radius 2 is 2.04 bits per heavy atom. The summed E-state index contributed by atoms with van der Waals surface area (Å²) in [6.07, 6.45) is 1.53. The number of hydrogen-bond donors (Lipinski definition) is 2. The summed E-state index contributed by atoms with van der Waals surface area (Å²) in [6.45, 7) is 2.11. The van der Waals surface area contributed by atoms with Crippen LogP contribution >= 0.6 is 0 Å². The first-order chi connectivity index (χ1) is 11.1. The number of carboxylic acid groups (broad SMARTS) is 1. The highest BCUT2D eigenvalue weighted by Crippen LogP contribution is 2.32. The molecule has 2 aromatic carbocycles. The number of carboxylic acids is 1. The number of amides is 1. The van der Waals surface area contributed by atoms with Crippen molar-refractivity contribution in [1.82, 2.24) is 5.32 Å². The fraction of sp³-hybridized carbons (Fsp3) is 0.222. The lowest BCUT2D eigenvalue weighted by Gasteiger charge is -2.13. The number of nitrogens with one attached hydrogen (secondary N) is 1. The topological polar surface area (TPSA) is 75.6 Å². The van der Waals surface area contributed by atoms with Crippen molar-refractivity contribution in [2.75, 3.05) is 6.61 Å². The molecule has 2 rings (SSSR count). The Kier molecular flexibility index (Phi) is 5.74. The van der Waals surface area contributed by atoms with Gasteiger partial charge in [-0.3, -0.25) is 4.79 Å². The molecule has 23 heavy (non-hydrogen) atoms. The molecule has 0 aromatic heterocycles. The summed E-state index contributed by atoms with van der Waals surface area (Å²) in [6, 6.07) is 13.4. The van der Waals surface area contributed by atoms with Crippen molar-refractivity contribution in [1.29, 1.82) is 0 Å². The monoisotopic (exact) mass is 313 g/mol. The minimum atomic E-state index is -1.01. The van der Waals surface area contributed by atoms with E-state index in [9.17, 15) is 9.59 Å². The van der Waals surface area contributed by atoms with E-state index in [1.54, 1.807) is 6.07 Å². The second-order valence-electron chi connectivity index (χ2n) is 5.07. The minimum absolute atomic E-state index is 0.384. The Morgan fingerprint density at radius 1 is 1.22 bits per heavy atom. The number of rotatable bonds is 8. The van der Waals surface area contributed by atoms with Gasteiger partial charge in [-0.2, -0.15) is 0 Å². The van der Waals surface area contributed by atoms with Crippen molar-refractivity contribution in [3.8, 4) is 16.9 Å². The lowest BCUT2D eigenvalue weighted by Crippen LogP contribution is -2.10. The summed E-state index contributed by atoms with van der Waals surface area (Å²) < 4.78 is 5.40. The summed E-state index contributed by atoms with van der Waals surface area (Å²) in [4.78, 5) is 21.2. The fourth-order valence-corrected chi connectivity index (χ4v) is 2.30. The fourth-order valence-electron chi connectivity index (χ4n) is 2.30. The number of hydrogen-bond acceptors (Lipinski definition) is 3. The van der Waals surface area contributed by atoms with E-state index in [-0.39, 0.29) is 6.61 Å². The zero-order valence-electron chi connectivity index (χ0n) is 12.9. The van der Waals surface area contributed by atoms with Crippen molar-refractivity contribution < 1.29 is 19.4 Å². The maximum Gasteiger partial charge on any atom is 0.341 e. The first-order valence-electron chi connectivity index (χ1n) is 7.38. The van der Waals surface area contributed by atoms with Crippen LogP contribution in [0.4, 0.5) is 0 Å². The number of ether oxygens (including phenoxy) is 1. The molecule has 0 aliphatic heterocycles. The van der Waals surface area contributed by atoms with Crippen molar-refractivity contribution in [2.45, 2.75) is 19.9 Å². The molecular weight excluding hydrogens is 294 g/mol. The molecule has 0 aliphatic rings. The number of carbonyl (C=O) groups excluding carboxylic acids is 1. The maximum atomic E-state index is 10.7. The maximum absolute atomic E-state index is 10.7. The smallest absolute Gasteiger partial charge is 0.341 e. The van der Waals surface area contributed by atoms with Crippen LogP contribution in [0.15, 0.2) is 42.5 Å². The number of carbonyl (C=O) groups is 2. The summed E-state index contributed by atoms with van der Waals surface area (Å²) in [5.74, 6) is -0.482. The zero-order chi connectivity index (χ0) is 16.7. The Morgan fingerprint density at radius 3 is 2.74 bits per heavy atom. The first kappa shape index (κ1) is 16.5. The molecule has 0 saturated carbocycles. The molecular formula is C18H19NO4. The summed E-state index contributed by atoms with van der Waals surface area (Å²) >= 11 is 0. The Labute approximate surface area is 134 Å². The largest absolute Gasteiger partial charge is 0.481 e. The van der Waals surface area contributed by atoms with E-state index < -0.39 is 5.97 Å². The highest BCUT2D eigenvalue weighted by molar-refractivity contribution is 5.73. The van der Waals surface area contributed by atoms with Crippen LogP contribution in [0.2, 0.25) is 0 Å². The van der Waals surface area contributed by atoms with E-state index in [2.05, 4.69) is 12.2 Å². The first-order valence-corrected chi connectivity index (χ1v) is 7.38. The standard InChI is InChI=1S/C18H19NO4/c1-2-13-6-7-17(23-11-18(21)22)16(9-13)15-5-3-4-14(8-15)10-19-12-20/h3-9,12H,2,10-11H2,1H3,(H,19,20)(H,21,22). The summed E-state index contributed by atoms with van der Waals surface area (Å²) in [7, 11) is 0. The van der Waals surface area contributed by atoms with Gasteiger partial charge in [0.25, 0.3) is 0 Å². The quantitative estimate of drug-likeness (QED) is 0.735. The van der Waals surface area contributed by atoms with Gasteiger partial charge in [0.2, 0.25) is 6.41 Å². The molecule has 0 unspecified atom stereocenters. The van der Waals surface area contributed by atoms with E-state index in [0.29, 0.717) is 18.7 Å². The van der Waals surface area contributed by atoms with Gasteiger partial charge in [0.15, 0.2) is 6.61 Å². The third-order valence-corrected chi connectivity index (χ3v) is 3.43. The van der Waals surface area contributed by atoms with Crippen LogP contribution in [-0.4, -0.2) is 24.1 Å². The molecule has 5 nitrogen and oxygen atoms in total. The second-order valence-corrected chi connectivity index (χ2v) is 5.07. The van der Waals surface area contributed by atoms with Crippen molar-refractivity contribution >= 4 is 12.4 Å². The molecule has 120 valence electrons. The van der Waals surface area contributed by atoms with Crippen LogP contribution in [-0.2, 0) is 22.6 Å². The Balaban J connectivity index is 2.38. The highest BCUT2D eigenvalue weighted by Gasteiger charge is 2.10. The van der Waals surface area contributed by atoms with E-state index >= 15 is 0 Å². The van der Waals surface area contributed by atoms with Gasteiger partial charge in [0, 0.05) is 12.1 Å². The molecule has 2 N–H and O–H groups in total. The molecule has 0 fully saturated rings. The van der Waals surface area contributed by atoms with Crippen LogP contribution in [0.5, 0.6) is 5.75 Å². The van der Waals surface area contributed by atoms with Crippen LogP contribution in [0.25, 0.3) is 11.1 Å². The molecule has 0 saturated heterocycles. The number of aryl methyl sites for hydroxylation is 1. The molecule has 0 atom stereocenters. The molecule has 0 spiro atoms. The number of aliphatic carboxylic acids is 1. The third-order valence-electron chi connectivity index (χ3n) is 3.43. The van der Waals surface area contributed by atoms with Crippen molar-refractivity contribution in [3.63, 3.8) is 0 Å². The van der Waals surface area contributed by atoms with Gasteiger partial charge >= 0.3 is 5.97 Å². The van der Waals surface area contributed by atoms with Crippen LogP contribution in [0.3, 0.4) is 0 Å². The van der Waals surface area contributed by atoms with E-state index in [1.807, 2.05) is 36.4 Å². The van der Waals surface area contributed by atoms with Crippen LogP contribution in [0, 0.1) is 0 Å². The molecule has 0 heterocycles. The van der Waals surface area contributed by atoms with Crippen molar-refractivity contribution in [2.24, 2.45) is 0 Å². The predicted octanol–water partition coefficient (Wildman–Crippen LogP) is 2.63. The van der Waals surface area contributed by atoms with Gasteiger partial charge in [0.05, 0.1) is 0 Å². The molecule has 5 heteroatoms. The van der Waals surface area contributed by atoms with Gasteiger partial charge in [-0.1, -0.05) is 31.2 Å². The zero-order valence-corrected chi connectivity index (χ0v) is 12.9. The van der Waals surface area contributed by atoms with E-state index in [0.717, 1.165) is 28.7 Å². The lowest BCUT2D eigenvalue weighted by atomic mass is 9.99. The minimum Gasteiger partial charge on any atom is -0.481 e. The third kappa shape index (κ3) is 4.57. The van der Waals surface area contributed by atoms with Gasteiger partial charge in [-0.15, -0.1) is 0 Å². The van der Waals surface area contributed by atoms with Gasteiger partial charge < -0.3 is 15.2 Å². The van der Waals surface area contributed by atoms with Gasteiger partial charge in [0.1, 0.15) is 5.75 Å². The normalized spacial score (nSPS) is 10.1.